The van der Waals surface area contributed by atoms with Crippen molar-refractivity contribution >= 4 is 23.1 Å². The summed E-state index contributed by atoms with van der Waals surface area (Å²) in [5.41, 5.74) is 3.28. The molecular formula is C27H31NO5S. The number of phenolic OH excluding ortho intramolecular Hbond substituents is 1. The number of phenols is 1. The summed E-state index contributed by atoms with van der Waals surface area (Å²) in [6, 6.07) is 9.10. The summed E-state index contributed by atoms with van der Waals surface area (Å²) in [5, 5.41) is 15.6. The van der Waals surface area contributed by atoms with Crippen molar-refractivity contribution in [1.82, 2.24) is 5.32 Å². The standard InChI is InChI=1S/C27H31NO5S/c1-5-32-22-13-17(8-9-20(22)29)25-24(27(31)33-14-15(2)3)16(4)28-19-11-18(12-21(30)26(19)25)23-7-6-10-34-23/h6-10,13,15,18,25,28-29H,5,11-12,14H2,1-4H3. The maximum Gasteiger partial charge on any atom is 0.336 e. The summed E-state index contributed by atoms with van der Waals surface area (Å²) in [7, 11) is 0. The van der Waals surface area contributed by atoms with Gasteiger partial charge in [0.25, 0.3) is 0 Å². The molecule has 0 bridgehead atoms. The minimum Gasteiger partial charge on any atom is -0.504 e. The van der Waals surface area contributed by atoms with Crippen LogP contribution in [0.4, 0.5) is 0 Å². The number of thiophene rings is 1. The van der Waals surface area contributed by atoms with Gasteiger partial charge in [-0.1, -0.05) is 26.0 Å². The Hall–Kier alpha value is -3.06. The van der Waals surface area contributed by atoms with Crippen LogP contribution in [0.1, 0.15) is 62.8 Å². The van der Waals surface area contributed by atoms with E-state index in [0.717, 1.165) is 5.70 Å². The second kappa shape index (κ2) is 10.1. The van der Waals surface area contributed by atoms with E-state index in [1.165, 1.54) is 4.88 Å². The zero-order valence-electron chi connectivity index (χ0n) is 20.0. The van der Waals surface area contributed by atoms with Crippen molar-refractivity contribution in [3.05, 3.63) is 68.7 Å². The highest BCUT2D eigenvalue weighted by atomic mass is 32.1. The van der Waals surface area contributed by atoms with E-state index in [9.17, 15) is 14.7 Å². The number of allylic oxidation sites excluding steroid dienone is 3. The van der Waals surface area contributed by atoms with Crippen LogP contribution in [0.2, 0.25) is 0 Å². The van der Waals surface area contributed by atoms with Gasteiger partial charge in [-0.3, -0.25) is 4.79 Å². The monoisotopic (exact) mass is 481 g/mol. The Labute approximate surface area is 204 Å². The number of dihydropyridines is 1. The van der Waals surface area contributed by atoms with Gasteiger partial charge < -0.3 is 19.9 Å². The molecule has 1 aromatic heterocycles. The normalized spacial score (nSPS) is 20.3. The van der Waals surface area contributed by atoms with Crippen molar-refractivity contribution in [3.63, 3.8) is 0 Å². The highest BCUT2D eigenvalue weighted by molar-refractivity contribution is 7.10. The predicted octanol–water partition coefficient (Wildman–Crippen LogP) is 5.41. The highest BCUT2D eigenvalue weighted by Crippen LogP contribution is 2.47. The molecular weight excluding hydrogens is 450 g/mol. The number of ketones is 1. The first-order chi connectivity index (χ1) is 16.3. The molecule has 0 saturated heterocycles. The molecule has 1 aliphatic carbocycles. The van der Waals surface area contributed by atoms with E-state index < -0.39 is 11.9 Å². The number of ether oxygens (including phenoxy) is 2. The number of esters is 1. The van der Waals surface area contributed by atoms with Gasteiger partial charge in [0.2, 0.25) is 0 Å². The van der Waals surface area contributed by atoms with Crippen molar-refractivity contribution in [2.45, 2.75) is 52.4 Å². The van der Waals surface area contributed by atoms with Crippen LogP contribution in [0.25, 0.3) is 0 Å². The van der Waals surface area contributed by atoms with E-state index >= 15 is 0 Å². The number of hydrogen-bond donors (Lipinski definition) is 2. The summed E-state index contributed by atoms with van der Waals surface area (Å²) in [6.45, 7) is 8.33. The van der Waals surface area contributed by atoms with Crippen molar-refractivity contribution in [2.24, 2.45) is 5.92 Å². The number of benzene rings is 1. The smallest absolute Gasteiger partial charge is 0.336 e. The summed E-state index contributed by atoms with van der Waals surface area (Å²) in [4.78, 5) is 28.0. The number of aromatic hydroxyl groups is 1. The first-order valence-corrected chi connectivity index (χ1v) is 12.6. The first-order valence-electron chi connectivity index (χ1n) is 11.7. The second-order valence-electron chi connectivity index (χ2n) is 9.19. The molecule has 34 heavy (non-hydrogen) atoms. The van der Waals surface area contributed by atoms with E-state index in [-0.39, 0.29) is 23.4 Å². The number of Topliss-reactive ketones (excluding diaryl/α,β-unsaturated/α-hetero) is 1. The molecule has 2 N–H and O–H groups in total. The number of nitrogens with one attached hydrogen (secondary N) is 1. The fraction of sp³-hybridized carbons (Fsp3) is 0.407. The lowest BCUT2D eigenvalue weighted by Crippen LogP contribution is -2.36. The lowest BCUT2D eigenvalue weighted by Gasteiger charge is -2.36. The topological polar surface area (TPSA) is 84.9 Å². The molecule has 2 aliphatic rings. The molecule has 2 unspecified atom stereocenters. The zero-order chi connectivity index (χ0) is 24.4. The van der Waals surface area contributed by atoms with Gasteiger partial charge in [-0.15, -0.1) is 11.3 Å². The van der Waals surface area contributed by atoms with Gasteiger partial charge in [0.1, 0.15) is 0 Å². The molecule has 0 saturated carbocycles. The minimum absolute atomic E-state index is 0.0184. The van der Waals surface area contributed by atoms with Crippen LogP contribution in [0, 0.1) is 5.92 Å². The Morgan fingerprint density at radius 2 is 2.06 bits per heavy atom. The van der Waals surface area contributed by atoms with Gasteiger partial charge in [0.05, 0.1) is 18.8 Å². The molecule has 2 atom stereocenters. The van der Waals surface area contributed by atoms with Crippen LogP contribution >= 0.6 is 11.3 Å². The van der Waals surface area contributed by atoms with Crippen molar-refractivity contribution in [1.29, 1.82) is 0 Å². The Bertz CT molecular complexity index is 1150. The summed E-state index contributed by atoms with van der Waals surface area (Å²) in [5.74, 6) is -0.359. The van der Waals surface area contributed by atoms with E-state index in [1.807, 2.05) is 39.1 Å². The Morgan fingerprint density at radius 1 is 1.26 bits per heavy atom. The molecule has 0 fully saturated rings. The number of carbonyl (C=O) groups excluding carboxylic acids is 2. The third-order valence-electron chi connectivity index (χ3n) is 6.16. The lowest BCUT2D eigenvalue weighted by molar-refractivity contribution is -0.140. The van der Waals surface area contributed by atoms with Gasteiger partial charge >= 0.3 is 5.97 Å². The van der Waals surface area contributed by atoms with E-state index in [2.05, 4.69) is 11.4 Å². The average Bonchev–Trinajstić information content (AvgIpc) is 3.33. The van der Waals surface area contributed by atoms with Crippen molar-refractivity contribution in [3.8, 4) is 11.5 Å². The molecule has 0 amide bonds. The Balaban J connectivity index is 1.80. The van der Waals surface area contributed by atoms with Crippen LogP contribution < -0.4 is 10.1 Å². The molecule has 7 heteroatoms. The lowest BCUT2D eigenvalue weighted by atomic mass is 9.72. The summed E-state index contributed by atoms with van der Waals surface area (Å²) >= 11 is 1.66. The molecule has 180 valence electrons. The minimum atomic E-state index is -0.590. The van der Waals surface area contributed by atoms with Crippen LogP contribution in [-0.4, -0.2) is 30.1 Å². The molecule has 1 aliphatic heterocycles. The van der Waals surface area contributed by atoms with Crippen LogP contribution in [0.3, 0.4) is 0 Å². The van der Waals surface area contributed by atoms with Crippen molar-refractivity contribution in [2.75, 3.05) is 13.2 Å². The van der Waals surface area contributed by atoms with Crippen LogP contribution in [-0.2, 0) is 14.3 Å². The Kier molecular flexibility index (Phi) is 7.12. The number of carbonyl (C=O) groups is 2. The molecule has 4 rings (SSSR count). The zero-order valence-corrected chi connectivity index (χ0v) is 20.8. The predicted molar refractivity (Wildman–Crippen MR) is 132 cm³/mol. The third kappa shape index (κ3) is 4.75. The van der Waals surface area contributed by atoms with Gasteiger partial charge in [-0.25, -0.2) is 4.79 Å². The number of hydrogen-bond acceptors (Lipinski definition) is 7. The third-order valence-corrected chi connectivity index (χ3v) is 7.19. The largest absolute Gasteiger partial charge is 0.504 e. The van der Waals surface area contributed by atoms with Gasteiger partial charge in [-0.05, 0) is 55.3 Å². The average molecular weight is 482 g/mol. The SMILES string of the molecule is CCOc1cc(C2C(C(=O)OCC(C)C)=C(C)NC3=C2C(=O)CC(c2cccs2)C3)ccc1O. The fourth-order valence-electron chi connectivity index (χ4n) is 4.67. The van der Waals surface area contributed by atoms with Crippen LogP contribution in [0.5, 0.6) is 11.5 Å². The van der Waals surface area contributed by atoms with Gasteiger partial charge in [0, 0.05) is 40.1 Å². The summed E-state index contributed by atoms with van der Waals surface area (Å²) in [6.07, 6.45) is 1.08. The fourth-order valence-corrected chi connectivity index (χ4v) is 5.50. The van der Waals surface area contributed by atoms with E-state index in [4.69, 9.17) is 9.47 Å². The maximum absolute atomic E-state index is 13.6. The molecule has 2 heterocycles. The quantitative estimate of drug-likeness (QED) is 0.514. The molecule has 0 spiro atoms. The second-order valence-corrected chi connectivity index (χ2v) is 10.2. The molecule has 0 radical (unpaired) electrons. The maximum atomic E-state index is 13.6. The van der Waals surface area contributed by atoms with Gasteiger partial charge in [-0.2, -0.15) is 0 Å². The Morgan fingerprint density at radius 3 is 2.74 bits per heavy atom. The summed E-state index contributed by atoms with van der Waals surface area (Å²) < 4.78 is 11.2. The van der Waals surface area contributed by atoms with E-state index in [1.54, 1.807) is 29.5 Å². The molecule has 2 aromatic rings. The first kappa shape index (κ1) is 24.1. The number of rotatable bonds is 7. The van der Waals surface area contributed by atoms with Crippen molar-refractivity contribution < 1.29 is 24.2 Å². The van der Waals surface area contributed by atoms with Crippen LogP contribution in [0.15, 0.2) is 58.3 Å². The highest BCUT2D eigenvalue weighted by Gasteiger charge is 2.41. The molecule has 6 nitrogen and oxygen atoms in total. The van der Waals surface area contributed by atoms with E-state index in [0.29, 0.717) is 54.2 Å². The van der Waals surface area contributed by atoms with Gasteiger partial charge in [0.15, 0.2) is 17.3 Å². The molecule has 1 aromatic carbocycles.